The molecule has 160 valence electrons. The van der Waals surface area contributed by atoms with Gasteiger partial charge in [-0.1, -0.05) is 0 Å². The zero-order chi connectivity index (χ0) is 21.4. The zero-order valence-electron chi connectivity index (χ0n) is 15.9. The molecule has 3 aromatic heterocycles. The van der Waals surface area contributed by atoms with Crippen LogP contribution in [0.3, 0.4) is 0 Å². The van der Waals surface area contributed by atoms with E-state index in [-0.39, 0.29) is 35.7 Å². The van der Waals surface area contributed by atoms with E-state index in [1.807, 2.05) is 6.92 Å². The highest BCUT2D eigenvalue weighted by atomic mass is 32.1. The number of hydrogen-bond acceptors (Lipinski definition) is 5. The lowest BCUT2D eigenvalue weighted by Gasteiger charge is -2.10. The minimum absolute atomic E-state index is 0.0378. The molecule has 2 aliphatic carbocycles. The van der Waals surface area contributed by atoms with Crippen molar-refractivity contribution in [2.45, 2.75) is 50.7 Å². The third-order valence-electron chi connectivity index (χ3n) is 5.76. The summed E-state index contributed by atoms with van der Waals surface area (Å²) in [6.45, 7) is 1.45. The van der Waals surface area contributed by atoms with Gasteiger partial charge < -0.3 is 5.11 Å². The minimum atomic E-state index is -4.90. The molecular weight excluding hydrogens is 424 g/mol. The van der Waals surface area contributed by atoms with Crippen LogP contribution in [0.2, 0.25) is 0 Å². The molecule has 5 rings (SSSR count). The number of halogens is 4. The predicted octanol–water partition coefficient (Wildman–Crippen LogP) is 3.44. The Morgan fingerprint density at radius 1 is 1.33 bits per heavy atom. The Bertz CT molecular complexity index is 1210. The number of aryl methyl sites for hydroxylation is 1. The first-order chi connectivity index (χ1) is 14.2. The van der Waals surface area contributed by atoms with Crippen LogP contribution in [0.15, 0.2) is 10.9 Å². The van der Waals surface area contributed by atoms with E-state index in [9.17, 15) is 27.5 Å². The number of aliphatic hydroxyl groups is 1. The molecule has 0 amide bonds. The van der Waals surface area contributed by atoms with Gasteiger partial charge in [0.25, 0.3) is 5.56 Å². The Balaban J connectivity index is 1.56. The fraction of sp³-hybridized carbons (Fsp3) is 0.526. The van der Waals surface area contributed by atoms with Crippen molar-refractivity contribution < 1.29 is 22.7 Å². The molecule has 11 heteroatoms. The van der Waals surface area contributed by atoms with Crippen molar-refractivity contribution in [2.75, 3.05) is 6.61 Å². The van der Waals surface area contributed by atoms with Gasteiger partial charge in [0.2, 0.25) is 0 Å². The molecular formula is C19H18F4N4O2S. The average molecular weight is 442 g/mol. The van der Waals surface area contributed by atoms with Crippen LogP contribution in [0.1, 0.15) is 58.8 Å². The van der Waals surface area contributed by atoms with Crippen molar-refractivity contribution in [1.82, 2.24) is 19.2 Å². The monoisotopic (exact) mass is 442 g/mol. The highest BCUT2D eigenvalue weighted by molar-refractivity contribution is 7.17. The summed E-state index contributed by atoms with van der Waals surface area (Å²) in [7, 11) is 0. The second-order valence-electron chi connectivity index (χ2n) is 8.01. The van der Waals surface area contributed by atoms with Gasteiger partial charge in [0, 0.05) is 35.1 Å². The molecule has 2 aliphatic rings. The van der Waals surface area contributed by atoms with Crippen LogP contribution in [-0.4, -0.2) is 30.9 Å². The van der Waals surface area contributed by atoms with E-state index < -0.39 is 29.8 Å². The molecule has 30 heavy (non-hydrogen) atoms. The molecule has 0 aliphatic heterocycles. The van der Waals surface area contributed by atoms with Crippen molar-refractivity contribution in [3.63, 3.8) is 0 Å². The van der Waals surface area contributed by atoms with Gasteiger partial charge >= 0.3 is 6.18 Å². The van der Waals surface area contributed by atoms with Gasteiger partial charge in [0.15, 0.2) is 16.5 Å². The first-order valence-corrected chi connectivity index (χ1v) is 10.5. The molecule has 0 bridgehead atoms. The Labute approximate surface area is 171 Å². The fourth-order valence-corrected chi connectivity index (χ4v) is 5.11. The maximum Gasteiger partial charge on any atom is 0.435 e. The van der Waals surface area contributed by atoms with Crippen LogP contribution < -0.4 is 5.56 Å². The number of thiazole rings is 1. The lowest BCUT2D eigenvalue weighted by Crippen LogP contribution is -2.20. The molecule has 2 fully saturated rings. The van der Waals surface area contributed by atoms with Gasteiger partial charge in [-0.15, -0.1) is 11.3 Å². The summed E-state index contributed by atoms with van der Waals surface area (Å²) >= 11 is 1.28. The predicted molar refractivity (Wildman–Crippen MR) is 100 cm³/mol. The third-order valence-corrected chi connectivity index (χ3v) is 6.73. The van der Waals surface area contributed by atoms with Gasteiger partial charge in [0.05, 0.1) is 12.2 Å². The summed E-state index contributed by atoms with van der Waals surface area (Å²) in [6, 6.07) is 1.18. The number of alkyl halides is 3. The summed E-state index contributed by atoms with van der Waals surface area (Å²) in [5, 5.41) is 13.2. The molecule has 0 radical (unpaired) electrons. The molecule has 6 nitrogen and oxygen atoms in total. The Hall–Kier alpha value is -2.27. The SMILES string of the molecule is Cc1sc2nc(Cn3nc(C4CC4)c(F)c3C(F)(F)F)cc(=O)n2c1C1CC1CO. The summed E-state index contributed by atoms with van der Waals surface area (Å²) in [4.78, 5) is 18.4. The fourth-order valence-electron chi connectivity index (χ4n) is 4.05. The van der Waals surface area contributed by atoms with Crippen LogP contribution in [0.5, 0.6) is 0 Å². The third kappa shape index (κ3) is 3.15. The number of fused-ring (bicyclic) bond motifs is 1. The van der Waals surface area contributed by atoms with Crippen molar-refractivity contribution >= 4 is 16.3 Å². The molecule has 2 unspecified atom stereocenters. The summed E-state index contributed by atoms with van der Waals surface area (Å²) in [5.41, 5.74) is -1.11. The normalized spacial score (nSPS) is 21.5. The second-order valence-corrected chi connectivity index (χ2v) is 9.19. The zero-order valence-corrected chi connectivity index (χ0v) is 16.7. The first kappa shape index (κ1) is 19.7. The molecule has 0 aromatic carbocycles. The van der Waals surface area contributed by atoms with Crippen molar-refractivity contribution in [1.29, 1.82) is 0 Å². The Morgan fingerprint density at radius 2 is 2.07 bits per heavy atom. The molecule has 3 heterocycles. The van der Waals surface area contributed by atoms with Gasteiger partial charge in [-0.25, -0.2) is 9.37 Å². The molecule has 0 saturated heterocycles. The van der Waals surface area contributed by atoms with E-state index >= 15 is 0 Å². The standard InChI is InChI=1S/C19H18F4N4O2S/c1-8-16(12-4-10(12)7-28)27-13(29)5-11(24-18(27)30-8)6-26-17(19(21,22)23)14(20)15(25-26)9-2-3-9/h5,9-10,12,28H,2-4,6-7H2,1H3. The summed E-state index contributed by atoms with van der Waals surface area (Å²) in [6.07, 6.45) is -2.89. The van der Waals surface area contributed by atoms with Crippen molar-refractivity contribution in [2.24, 2.45) is 5.92 Å². The molecule has 2 saturated carbocycles. The Kier molecular flexibility index (Phi) is 4.34. The minimum Gasteiger partial charge on any atom is -0.396 e. The van der Waals surface area contributed by atoms with Crippen LogP contribution in [0.4, 0.5) is 17.6 Å². The molecule has 3 aromatic rings. The van der Waals surface area contributed by atoms with Crippen LogP contribution in [0.25, 0.3) is 4.96 Å². The molecule has 0 spiro atoms. The number of aliphatic hydroxyl groups excluding tert-OH is 1. The van der Waals surface area contributed by atoms with Crippen LogP contribution >= 0.6 is 11.3 Å². The largest absolute Gasteiger partial charge is 0.435 e. The van der Waals surface area contributed by atoms with Gasteiger partial charge in [-0.05, 0) is 32.1 Å². The Morgan fingerprint density at radius 3 is 2.67 bits per heavy atom. The summed E-state index contributed by atoms with van der Waals surface area (Å²) < 4.78 is 56.8. The second kappa shape index (κ2) is 6.61. The quantitative estimate of drug-likeness (QED) is 0.615. The molecule has 2 atom stereocenters. The van der Waals surface area contributed by atoms with E-state index in [4.69, 9.17) is 0 Å². The van der Waals surface area contributed by atoms with E-state index in [1.165, 1.54) is 21.8 Å². The van der Waals surface area contributed by atoms with Crippen molar-refractivity contribution in [3.8, 4) is 0 Å². The van der Waals surface area contributed by atoms with Gasteiger partial charge in [-0.2, -0.15) is 18.3 Å². The van der Waals surface area contributed by atoms with E-state index in [0.717, 1.165) is 17.0 Å². The lowest BCUT2D eigenvalue weighted by molar-refractivity contribution is -0.146. The number of rotatable bonds is 5. The van der Waals surface area contributed by atoms with Crippen molar-refractivity contribution in [3.05, 3.63) is 49.9 Å². The number of hydrogen-bond donors (Lipinski definition) is 1. The smallest absolute Gasteiger partial charge is 0.396 e. The van der Waals surface area contributed by atoms with Crippen LogP contribution in [-0.2, 0) is 12.7 Å². The lowest BCUT2D eigenvalue weighted by atomic mass is 10.2. The highest BCUT2D eigenvalue weighted by Gasteiger charge is 2.44. The average Bonchev–Trinajstić information content (AvgIpc) is 3.55. The van der Waals surface area contributed by atoms with Gasteiger partial charge in [0.1, 0.15) is 5.69 Å². The molecule has 1 N–H and O–H groups in total. The topological polar surface area (TPSA) is 72.4 Å². The van der Waals surface area contributed by atoms with E-state index in [1.54, 1.807) is 0 Å². The van der Waals surface area contributed by atoms with Gasteiger partial charge in [-0.3, -0.25) is 13.9 Å². The summed E-state index contributed by atoms with van der Waals surface area (Å²) in [5.74, 6) is -1.43. The maximum absolute atomic E-state index is 14.4. The van der Waals surface area contributed by atoms with Crippen LogP contribution in [0, 0.1) is 18.7 Å². The first-order valence-electron chi connectivity index (χ1n) is 9.65. The van der Waals surface area contributed by atoms with E-state index in [2.05, 4.69) is 10.1 Å². The number of aromatic nitrogens is 4. The number of nitrogens with zero attached hydrogens (tertiary/aromatic N) is 4. The van der Waals surface area contributed by atoms with E-state index in [0.29, 0.717) is 22.5 Å². The highest BCUT2D eigenvalue weighted by Crippen LogP contribution is 2.49. The maximum atomic E-state index is 14.4.